The molecule has 2 aromatic carbocycles. The zero-order valence-electron chi connectivity index (χ0n) is 16.8. The third-order valence-electron chi connectivity index (χ3n) is 4.45. The summed E-state index contributed by atoms with van der Waals surface area (Å²) in [5.41, 5.74) is 3.23. The monoisotopic (exact) mass is 410 g/mol. The molecule has 0 aliphatic rings. The molecule has 0 unspecified atom stereocenters. The zero-order chi connectivity index (χ0) is 20.5. The number of hydrogen-bond donors (Lipinski definition) is 1. The molecule has 3 rings (SSSR count). The van der Waals surface area contributed by atoms with Crippen LogP contribution in [0.3, 0.4) is 0 Å². The van der Waals surface area contributed by atoms with Crippen LogP contribution >= 0.6 is 11.8 Å². The first-order chi connectivity index (χ1) is 14.2. The van der Waals surface area contributed by atoms with Crippen LogP contribution in [0.25, 0.3) is 17.1 Å². The van der Waals surface area contributed by atoms with Gasteiger partial charge in [-0.05, 0) is 30.5 Å². The molecule has 0 saturated heterocycles. The molecule has 7 heteroatoms. The molecule has 0 aliphatic heterocycles. The lowest BCUT2D eigenvalue weighted by Gasteiger charge is -2.11. The maximum absolute atomic E-state index is 12.2. The Hall–Kier alpha value is -2.64. The average molecular weight is 411 g/mol. The first-order valence-electron chi connectivity index (χ1n) is 9.71. The molecule has 3 aromatic rings. The predicted octanol–water partition coefficient (Wildman–Crippen LogP) is 3.74. The third-order valence-corrected chi connectivity index (χ3v) is 5.38. The predicted molar refractivity (Wildman–Crippen MR) is 116 cm³/mol. The Morgan fingerprint density at radius 3 is 2.55 bits per heavy atom. The molecule has 6 nitrogen and oxygen atoms in total. The van der Waals surface area contributed by atoms with Gasteiger partial charge in [-0.25, -0.2) is 0 Å². The van der Waals surface area contributed by atoms with E-state index in [0.29, 0.717) is 18.3 Å². The summed E-state index contributed by atoms with van der Waals surface area (Å²) in [5, 5.41) is 12.4. The van der Waals surface area contributed by atoms with Crippen LogP contribution in [-0.4, -0.2) is 46.7 Å². The molecule has 0 saturated carbocycles. The summed E-state index contributed by atoms with van der Waals surface area (Å²) in [7, 11) is 1.65. The van der Waals surface area contributed by atoms with Crippen LogP contribution in [0.1, 0.15) is 18.9 Å². The van der Waals surface area contributed by atoms with Crippen molar-refractivity contribution in [2.45, 2.75) is 24.9 Å². The van der Waals surface area contributed by atoms with Gasteiger partial charge in [0, 0.05) is 31.5 Å². The maximum atomic E-state index is 12.2. The number of benzene rings is 2. The SMILES string of the molecule is CCc1ccc(-n2c(SCC(=O)NCCCOC)nnc2-c2ccccc2)cc1. The van der Waals surface area contributed by atoms with E-state index in [-0.39, 0.29) is 11.7 Å². The highest BCUT2D eigenvalue weighted by Crippen LogP contribution is 2.28. The van der Waals surface area contributed by atoms with Crippen LogP contribution in [0.4, 0.5) is 0 Å². The topological polar surface area (TPSA) is 69.0 Å². The van der Waals surface area contributed by atoms with E-state index in [0.717, 1.165) is 29.9 Å². The molecule has 0 spiro atoms. The summed E-state index contributed by atoms with van der Waals surface area (Å²) >= 11 is 1.39. The number of aryl methyl sites for hydroxylation is 1. The van der Waals surface area contributed by atoms with E-state index in [1.807, 2.05) is 34.9 Å². The van der Waals surface area contributed by atoms with Gasteiger partial charge in [0.25, 0.3) is 0 Å². The number of aromatic nitrogens is 3. The fraction of sp³-hybridized carbons (Fsp3) is 0.318. The summed E-state index contributed by atoms with van der Waals surface area (Å²) in [6, 6.07) is 18.3. The van der Waals surface area contributed by atoms with Crippen molar-refractivity contribution in [1.82, 2.24) is 20.1 Å². The highest BCUT2D eigenvalue weighted by atomic mass is 32.2. The lowest BCUT2D eigenvalue weighted by molar-refractivity contribution is -0.118. The third kappa shape index (κ3) is 5.68. The average Bonchev–Trinajstić information content (AvgIpc) is 3.20. The van der Waals surface area contributed by atoms with Gasteiger partial charge >= 0.3 is 0 Å². The molecule has 0 radical (unpaired) electrons. The smallest absolute Gasteiger partial charge is 0.230 e. The summed E-state index contributed by atoms with van der Waals surface area (Å²) < 4.78 is 7.01. The summed E-state index contributed by atoms with van der Waals surface area (Å²) in [4.78, 5) is 12.2. The van der Waals surface area contributed by atoms with Crippen LogP contribution in [0.15, 0.2) is 59.8 Å². The molecule has 0 atom stereocenters. The van der Waals surface area contributed by atoms with Crippen molar-refractivity contribution in [3.05, 3.63) is 60.2 Å². The minimum absolute atomic E-state index is 0.0248. The molecule has 1 N–H and O–H groups in total. The van der Waals surface area contributed by atoms with E-state index in [9.17, 15) is 4.79 Å². The van der Waals surface area contributed by atoms with Gasteiger partial charge in [0.2, 0.25) is 5.91 Å². The largest absolute Gasteiger partial charge is 0.385 e. The first-order valence-corrected chi connectivity index (χ1v) is 10.7. The van der Waals surface area contributed by atoms with Crippen molar-refractivity contribution in [2.75, 3.05) is 26.0 Å². The van der Waals surface area contributed by atoms with E-state index in [1.54, 1.807) is 7.11 Å². The summed E-state index contributed by atoms with van der Waals surface area (Å²) in [5.74, 6) is 1.02. The van der Waals surface area contributed by atoms with Gasteiger partial charge in [-0.2, -0.15) is 0 Å². The Morgan fingerprint density at radius 2 is 1.86 bits per heavy atom. The van der Waals surface area contributed by atoms with Crippen LogP contribution in [0.5, 0.6) is 0 Å². The van der Waals surface area contributed by atoms with E-state index in [4.69, 9.17) is 4.74 Å². The number of ether oxygens (including phenoxy) is 1. The molecule has 0 fully saturated rings. The number of hydrogen-bond acceptors (Lipinski definition) is 5. The maximum Gasteiger partial charge on any atom is 0.230 e. The second kappa shape index (κ2) is 10.8. The molecule has 1 amide bonds. The van der Waals surface area contributed by atoms with Gasteiger partial charge in [-0.15, -0.1) is 10.2 Å². The highest BCUT2D eigenvalue weighted by Gasteiger charge is 2.17. The highest BCUT2D eigenvalue weighted by molar-refractivity contribution is 7.99. The Balaban J connectivity index is 1.81. The van der Waals surface area contributed by atoms with Crippen molar-refractivity contribution in [1.29, 1.82) is 0 Å². The number of amides is 1. The van der Waals surface area contributed by atoms with Gasteiger partial charge in [0.05, 0.1) is 5.75 Å². The van der Waals surface area contributed by atoms with Crippen LogP contribution < -0.4 is 5.32 Å². The van der Waals surface area contributed by atoms with Gasteiger partial charge in [0.15, 0.2) is 11.0 Å². The van der Waals surface area contributed by atoms with Crippen molar-refractivity contribution in [3.63, 3.8) is 0 Å². The van der Waals surface area contributed by atoms with Crippen molar-refractivity contribution < 1.29 is 9.53 Å². The van der Waals surface area contributed by atoms with Crippen molar-refractivity contribution >= 4 is 17.7 Å². The van der Waals surface area contributed by atoms with E-state index in [2.05, 4.69) is 46.7 Å². The fourth-order valence-corrected chi connectivity index (χ4v) is 3.66. The number of thioether (sulfide) groups is 1. The second-order valence-electron chi connectivity index (χ2n) is 6.51. The molecule has 0 bridgehead atoms. The fourth-order valence-electron chi connectivity index (χ4n) is 2.88. The van der Waals surface area contributed by atoms with Crippen LogP contribution in [0, 0.1) is 0 Å². The van der Waals surface area contributed by atoms with Gasteiger partial charge in [-0.1, -0.05) is 61.2 Å². The Bertz CT molecular complexity index is 910. The zero-order valence-corrected chi connectivity index (χ0v) is 17.6. The molecule has 0 aliphatic carbocycles. The normalized spacial score (nSPS) is 10.8. The van der Waals surface area contributed by atoms with Gasteiger partial charge in [-0.3, -0.25) is 9.36 Å². The second-order valence-corrected chi connectivity index (χ2v) is 7.46. The molecular weight excluding hydrogens is 384 g/mol. The number of nitrogens with one attached hydrogen (secondary N) is 1. The van der Waals surface area contributed by atoms with Gasteiger partial charge in [0.1, 0.15) is 0 Å². The van der Waals surface area contributed by atoms with E-state index >= 15 is 0 Å². The molecule has 152 valence electrons. The molecule has 1 heterocycles. The number of carbonyl (C=O) groups is 1. The minimum Gasteiger partial charge on any atom is -0.385 e. The van der Waals surface area contributed by atoms with Crippen molar-refractivity contribution in [3.8, 4) is 17.1 Å². The summed E-state index contributed by atoms with van der Waals surface area (Å²) in [6.07, 6.45) is 1.78. The standard InChI is InChI=1S/C22H26N4O2S/c1-3-17-10-12-19(13-11-17)26-21(18-8-5-4-6-9-18)24-25-22(26)29-16-20(27)23-14-7-15-28-2/h4-6,8-13H,3,7,14-16H2,1-2H3,(H,23,27). The molecular formula is C22H26N4O2S. The Morgan fingerprint density at radius 1 is 1.10 bits per heavy atom. The van der Waals surface area contributed by atoms with Gasteiger partial charge < -0.3 is 10.1 Å². The quantitative estimate of drug-likeness (QED) is 0.407. The number of nitrogens with zero attached hydrogens (tertiary/aromatic N) is 3. The van der Waals surface area contributed by atoms with Crippen molar-refractivity contribution in [2.24, 2.45) is 0 Å². The number of rotatable bonds is 10. The summed E-state index contributed by atoms with van der Waals surface area (Å²) in [6.45, 7) is 3.37. The Kier molecular flexibility index (Phi) is 7.84. The number of carbonyl (C=O) groups excluding carboxylic acids is 1. The minimum atomic E-state index is -0.0248. The van der Waals surface area contributed by atoms with E-state index < -0.39 is 0 Å². The molecule has 1 aromatic heterocycles. The Labute approximate surface area is 175 Å². The lowest BCUT2D eigenvalue weighted by atomic mass is 10.1. The van der Waals surface area contributed by atoms with E-state index in [1.165, 1.54) is 17.3 Å². The number of methoxy groups -OCH3 is 1. The lowest BCUT2D eigenvalue weighted by Crippen LogP contribution is -2.26. The molecule has 29 heavy (non-hydrogen) atoms. The van der Waals surface area contributed by atoms with Crippen LogP contribution in [0.2, 0.25) is 0 Å². The van der Waals surface area contributed by atoms with Crippen LogP contribution in [-0.2, 0) is 16.0 Å². The first kappa shape index (κ1) is 21.1.